The maximum absolute atomic E-state index is 8.75. The van der Waals surface area contributed by atoms with Crippen molar-refractivity contribution >= 4 is 11.1 Å². The van der Waals surface area contributed by atoms with Crippen molar-refractivity contribution in [3.8, 4) is 0 Å². The van der Waals surface area contributed by atoms with Gasteiger partial charge in [-0.25, -0.2) is 4.98 Å². The van der Waals surface area contributed by atoms with E-state index in [2.05, 4.69) is 4.98 Å². The molecule has 0 bridgehead atoms. The van der Waals surface area contributed by atoms with E-state index < -0.39 is 0 Å². The molecule has 1 aromatic carbocycles. The quantitative estimate of drug-likeness (QED) is 0.695. The molecule has 3 nitrogen and oxygen atoms in total. The second-order valence-electron chi connectivity index (χ2n) is 2.74. The van der Waals surface area contributed by atoms with Crippen LogP contribution >= 0.6 is 0 Å². The first-order valence-corrected chi connectivity index (χ1v) is 3.76. The molecule has 0 spiro atoms. The Hall–Kier alpha value is -1.35. The number of aryl methyl sites for hydroxylation is 1. The summed E-state index contributed by atoms with van der Waals surface area (Å²) in [5.41, 5.74) is 2.67. The predicted molar refractivity (Wildman–Crippen MR) is 44.7 cm³/mol. The summed E-state index contributed by atoms with van der Waals surface area (Å²) in [4.78, 5) is 4.08. The maximum Gasteiger partial charge on any atom is 0.221 e. The molecular weight excluding hydrogens is 154 g/mol. The third kappa shape index (κ3) is 1.08. The Bertz CT molecular complexity index is 406. The van der Waals surface area contributed by atoms with Crippen molar-refractivity contribution in [1.82, 2.24) is 4.98 Å². The van der Waals surface area contributed by atoms with Crippen LogP contribution in [0.2, 0.25) is 0 Å². The fraction of sp³-hybridized carbons (Fsp3) is 0.222. The number of aromatic nitrogens is 1. The van der Waals surface area contributed by atoms with Gasteiger partial charge in [0.2, 0.25) is 5.89 Å². The summed E-state index contributed by atoms with van der Waals surface area (Å²) in [7, 11) is 0. The summed E-state index contributed by atoms with van der Waals surface area (Å²) < 4.78 is 5.21. The number of aliphatic hydroxyl groups is 1. The van der Waals surface area contributed by atoms with E-state index in [-0.39, 0.29) is 6.61 Å². The van der Waals surface area contributed by atoms with Gasteiger partial charge in [0.15, 0.2) is 5.58 Å². The molecule has 62 valence electrons. The van der Waals surface area contributed by atoms with E-state index in [0.29, 0.717) is 5.89 Å². The number of fused-ring (bicyclic) bond motifs is 1. The molecule has 3 heteroatoms. The van der Waals surface area contributed by atoms with Crippen molar-refractivity contribution in [3.05, 3.63) is 29.7 Å². The van der Waals surface area contributed by atoms with Crippen molar-refractivity contribution in [3.63, 3.8) is 0 Å². The van der Waals surface area contributed by atoms with E-state index in [1.807, 2.05) is 25.1 Å². The third-order valence-corrected chi connectivity index (χ3v) is 1.72. The minimum atomic E-state index is -0.145. The van der Waals surface area contributed by atoms with Crippen LogP contribution in [0.5, 0.6) is 0 Å². The number of hydrogen-bond acceptors (Lipinski definition) is 3. The van der Waals surface area contributed by atoms with Gasteiger partial charge in [0.05, 0.1) is 0 Å². The Morgan fingerprint density at radius 1 is 1.50 bits per heavy atom. The van der Waals surface area contributed by atoms with Crippen molar-refractivity contribution in [2.45, 2.75) is 13.5 Å². The second-order valence-corrected chi connectivity index (χ2v) is 2.74. The smallest absolute Gasteiger partial charge is 0.221 e. The van der Waals surface area contributed by atoms with Crippen molar-refractivity contribution < 1.29 is 9.52 Å². The van der Waals surface area contributed by atoms with Crippen LogP contribution in [-0.4, -0.2) is 10.1 Å². The molecule has 1 aromatic heterocycles. The minimum absolute atomic E-state index is 0.145. The summed E-state index contributed by atoms with van der Waals surface area (Å²) in [5, 5.41) is 8.75. The SMILES string of the molecule is Cc1ccc2oc(CO)nc2c1. The van der Waals surface area contributed by atoms with Gasteiger partial charge in [0.1, 0.15) is 12.1 Å². The highest BCUT2D eigenvalue weighted by molar-refractivity contribution is 5.73. The lowest BCUT2D eigenvalue weighted by Crippen LogP contribution is -1.79. The summed E-state index contributed by atoms with van der Waals surface area (Å²) in [6.45, 7) is 1.85. The van der Waals surface area contributed by atoms with Crippen LogP contribution in [0.1, 0.15) is 11.5 Å². The van der Waals surface area contributed by atoms with Gasteiger partial charge >= 0.3 is 0 Å². The molecular formula is C9H9NO2. The number of rotatable bonds is 1. The number of nitrogens with zero attached hydrogens (tertiary/aromatic N) is 1. The highest BCUT2D eigenvalue weighted by Crippen LogP contribution is 2.16. The van der Waals surface area contributed by atoms with Crippen LogP contribution in [-0.2, 0) is 6.61 Å². The molecule has 0 fully saturated rings. The van der Waals surface area contributed by atoms with Crippen LogP contribution < -0.4 is 0 Å². The van der Waals surface area contributed by atoms with Crippen LogP contribution in [0.3, 0.4) is 0 Å². The lowest BCUT2D eigenvalue weighted by atomic mass is 10.2. The number of benzene rings is 1. The van der Waals surface area contributed by atoms with Crippen molar-refractivity contribution in [2.75, 3.05) is 0 Å². The fourth-order valence-electron chi connectivity index (χ4n) is 1.15. The molecule has 1 heterocycles. The predicted octanol–water partition coefficient (Wildman–Crippen LogP) is 1.63. The van der Waals surface area contributed by atoms with Gasteiger partial charge in [0, 0.05) is 0 Å². The van der Waals surface area contributed by atoms with Gasteiger partial charge in [-0.15, -0.1) is 0 Å². The topological polar surface area (TPSA) is 46.3 Å². The molecule has 1 N–H and O–H groups in total. The summed E-state index contributed by atoms with van der Waals surface area (Å²) in [5.74, 6) is 0.371. The second kappa shape index (κ2) is 2.60. The molecule has 0 amide bonds. The van der Waals surface area contributed by atoms with E-state index in [1.54, 1.807) is 0 Å². The van der Waals surface area contributed by atoms with Crippen molar-refractivity contribution in [1.29, 1.82) is 0 Å². The highest BCUT2D eigenvalue weighted by atomic mass is 16.4. The van der Waals surface area contributed by atoms with Crippen LogP contribution in [0.25, 0.3) is 11.1 Å². The molecule has 0 saturated heterocycles. The molecule has 12 heavy (non-hydrogen) atoms. The van der Waals surface area contributed by atoms with Crippen LogP contribution in [0.15, 0.2) is 22.6 Å². The summed E-state index contributed by atoms with van der Waals surface area (Å²) >= 11 is 0. The van der Waals surface area contributed by atoms with Gasteiger partial charge in [0.25, 0.3) is 0 Å². The van der Waals surface area contributed by atoms with E-state index in [9.17, 15) is 0 Å². The van der Waals surface area contributed by atoms with Gasteiger partial charge in [-0.05, 0) is 24.6 Å². The van der Waals surface area contributed by atoms with E-state index in [1.165, 1.54) is 0 Å². The van der Waals surface area contributed by atoms with E-state index >= 15 is 0 Å². The summed E-state index contributed by atoms with van der Waals surface area (Å²) in [6, 6.07) is 5.74. The molecule has 0 aliphatic heterocycles. The third-order valence-electron chi connectivity index (χ3n) is 1.72. The zero-order valence-electron chi connectivity index (χ0n) is 6.74. The zero-order chi connectivity index (χ0) is 8.55. The monoisotopic (exact) mass is 163 g/mol. The van der Waals surface area contributed by atoms with Gasteiger partial charge < -0.3 is 9.52 Å². The zero-order valence-corrected chi connectivity index (χ0v) is 6.74. The Morgan fingerprint density at radius 2 is 2.33 bits per heavy atom. The largest absolute Gasteiger partial charge is 0.438 e. The normalized spacial score (nSPS) is 10.8. The first-order valence-electron chi connectivity index (χ1n) is 3.76. The molecule has 0 saturated carbocycles. The molecule has 2 rings (SSSR count). The van der Waals surface area contributed by atoms with Gasteiger partial charge in [-0.1, -0.05) is 6.07 Å². The van der Waals surface area contributed by atoms with E-state index in [4.69, 9.17) is 9.52 Å². The maximum atomic E-state index is 8.75. The van der Waals surface area contributed by atoms with Crippen molar-refractivity contribution in [2.24, 2.45) is 0 Å². The molecule has 2 aromatic rings. The average molecular weight is 163 g/mol. The summed E-state index contributed by atoms with van der Waals surface area (Å²) in [6.07, 6.45) is 0. The lowest BCUT2D eigenvalue weighted by Gasteiger charge is -1.87. The molecule has 0 unspecified atom stereocenters. The Balaban J connectivity index is 2.67. The number of oxazole rings is 1. The fourth-order valence-corrected chi connectivity index (χ4v) is 1.15. The number of aliphatic hydroxyl groups excluding tert-OH is 1. The molecule has 0 aliphatic carbocycles. The van der Waals surface area contributed by atoms with Crippen LogP contribution in [0, 0.1) is 6.92 Å². The lowest BCUT2D eigenvalue weighted by molar-refractivity contribution is 0.244. The average Bonchev–Trinajstić information content (AvgIpc) is 2.46. The Labute approximate surface area is 69.7 Å². The minimum Gasteiger partial charge on any atom is -0.438 e. The molecule has 0 aliphatic rings. The Kier molecular flexibility index (Phi) is 1.59. The standard InChI is InChI=1S/C9H9NO2/c1-6-2-3-8-7(4-6)10-9(5-11)12-8/h2-4,11H,5H2,1H3. The first kappa shape index (κ1) is 7.31. The Morgan fingerprint density at radius 3 is 3.08 bits per heavy atom. The van der Waals surface area contributed by atoms with E-state index in [0.717, 1.165) is 16.7 Å². The number of hydrogen-bond donors (Lipinski definition) is 1. The molecule has 0 radical (unpaired) electrons. The highest BCUT2D eigenvalue weighted by Gasteiger charge is 2.02. The van der Waals surface area contributed by atoms with Gasteiger partial charge in [-0.2, -0.15) is 0 Å². The van der Waals surface area contributed by atoms with Gasteiger partial charge in [-0.3, -0.25) is 0 Å². The molecule has 0 atom stereocenters. The first-order chi connectivity index (χ1) is 5.79. The van der Waals surface area contributed by atoms with Crippen LogP contribution in [0.4, 0.5) is 0 Å².